The van der Waals surface area contributed by atoms with Crippen molar-refractivity contribution >= 4 is 29.6 Å². The van der Waals surface area contributed by atoms with Gasteiger partial charge in [0.1, 0.15) is 11.4 Å². The second kappa shape index (κ2) is 7.52. The van der Waals surface area contributed by atoms with Gasteiger partial charge in [-0.2, -0.15) is 0 Å². The molecule has 132 valence electrons. The summed E-state index contributed by atoms with van der Waals surface area (Å²) in [7, 11) is 0. The second-order valence-corrected chi connectivity index (χ2v) is 5.71. The molecule has 0 aliphatic carbocycles. The second-order valence-electron chi connectivity index (χ2n) is 5.71. The fourth-order valence-corrected chi connectivity index (χ4v) is 2.35. The molecule has 1 saturated heterocycles. The van der Waals surface area contributed by atoms with Gasteiger partial charge in [0, 0.05) is 11.3 Å². The molecule has 1 aliphatic rings. The maximum atomic E-state index is 12.0. The molecule has 3 N–H and O–H groups in total. The highest BCUT2D eigenvalue weighted by molar-refractivity contribution is 6.14. The molecular formula is C19H17N3O4. The van der Waals surface area contributed by atoms with Crippen molar-refractivity contribution in [2.24, 2.45) is 0 Å². The van der Waals surface area contributed by atoms with Crippen LogP contribution in [-0.2, 0) is 9.59 Å². The normalized spacial score (nSPS) is 14.7. The van der Waals surface area contributed by atoms with Crippen molar-refractivity contribution in [2.75, 3.05) is 11.9 Å². The zero-order chi connectivity index (χ0) is 18.5. The predicted octanol–water partition coefficient (Wildman–Crippen LogP) is 2.19. The van der Waals surface area contributed by atoms with E-state index in [0.717, 1.165) is 5.56 Å². The smallest absolute Gasteiger partial charge is 0.326 e. The summed E-state index contributed by atoms with van der Waals surface area (Å²) in [4.78, 5) is 34.9. The van der Waals surface area contributed by atoms with Crippen LogP contribution in [0.15, 0.2) is 54.2 Å². The van der Waals surface area contributed by atoms with E-state index in [-0.39, 0.29) is 18.2 Å². The minimum atomic E-state index is -0.572. The van der Waals surface area contributed by atoms with E-state index in [4.69, 9.17) is 4.74 Å². The monoisotopic (exact) mass is 351 g/mol. The molecule has 0 atom stereocenters. The first-order valence-electron chi connectivity index (χ1n) is 7.93. The molecule has 7 nitrogen and oxygen atoms in total. The summed E-state index contributed by atoms with van der Waals surface area (Å²) >= 11 is 0. The van der Waals surface area contributed by atoms with Crippen molar-refractivity contribution < 1.29 is 19.1 Å². The Morgan fingerprint density at radius 3 is 2.50 bits per heavy atom. The molecule has 1 heterocycles. The molecule has 3 rings (SSSR count). The molecule has 0 aromatic heterocycles. The average Bonchev–Trinajstić information content (AvgIpc) is 2.93. The van der Waals surface area contributed by atoms with Gasteiger partial charge >= 0.3 is 6.03 Å². The van der Waals surface area contributed by atoms with Crippen molar-refractivity contribution in [3.63, 3.8) is 0 Å². The maximum Gasteiger partial charge on any atom is 0.326 e. The summed E-state index contributed by atoms with van der Waals surface area (Å²) < 4.78 is 5.57. The Bertz CT molecular complexity index is 888. The lowest BCUT2D eigenvalue weighted by atomic mass is 10.1. The molecule has 0 saturated carbocycles. The van der Waals surface area contributed by atoms with E-state index >= 15 is 0 Å². The summed E-state index contributed by atoms with van der Waals surface area (Å²) in [5.74, 6) is -0.391. The Hall–Kier alpha value is -3.61. The van der Waals surface area contributed by atoms with E-state index in [1.165, 1.54) is 6.08 Å². The van der Waals surface area contributed by atoms with Crippen LogP contribution in [0.4, 0.5) is 10.5 Å². The lowest BCUT2D eigenvalue weighted by molar-refractivity contribution is -0.118. The van der Waals surface area contributed by atoms with E-state index in [1.54, 1.807) is 24.3 Å². The van der Waals surface area contributed by atoms with Crippen LogP contribution in [0.2, 0.25) is 0 Å². The molecule has 4 amide bonds. The number of para-hydroxylation sites is 1. The predicted molar refractivity (Wildman–Crippen MR) is 96.4 cm³/mol. The van der Waals surface area contributed by atoms with Gasteiger partial charge in [0.25, 0.3) is 11.8 Å². The number of carbonyl (C=O) groups is 3. The molecule has 0 spiro atoms. The van der Waals surface area contributed by atoms with Gasteiger partial charge in [-0.25, -0.2) is 4.79 Å². The third-order valence-corrected chi connectivity index (χ3v) is 3.63. The van der Waals surface area contributed by atoms with Crippen LogP contribution in [-0.4, -0.2) is 24.5 Å². The van der Waals surface area contributed by atoms with E-state index in [9.17, 15) is 14.4 Å². The van der Waals surface area contributed by atoms with Crippen LogP contribution in [0.3, 0.4) is 0 Å². The number of ether oxygens (including phenoxy) is 1. The quantitative estimate of drug-likeness (QED) is 0.568. The van der Waals surface area contributed by atoms with Crippen LogP contribution in [0.1, 0.15) is 11.1 Å². The number of aryl methyl sites for hydroxylation is 1. The number of carbonyl (C=O) groups excluding carboxylic acids is 3. The Balaban J connectivity index is 1.66. The van der Waals surface area contributed by atoms with E-state index in [2.05, 4.69) is 16.0 Å². The molecule has 0 bridgehead atoms. The maximum absolute atomic E-state index is 12.0. The summed E-state index contributed by atoms with van der Waals surface area (Å²) in [6.07, 6.45) is 1.49. The zero-order valence-electron chi connectivity index (χ0n) is 14.0. The van der Waals surface area contributed by atoms with Crippen molar-refractivity contribution in [3.05, 3.63) is 65.4 Å². The molecule has 7 heteroatoms. The Labute approximate surface area is 150 Å². The molecule has 0 radical (unpaired) electrons. The van der Waals surface area contributed by atoms with Crippen LogP contribution in [0.25, 0.3) is 6.08 Å². The van der Waals surface area contributed by atoms with E-state index in [1.807, 2.05) is 31.2 Å². The average molecular weight is 351 g/mol. The lowest BCUT2D eigenvalue weighted by Crippen LogP contribution is -2.22. The first-order chi connectivity index (χ1) is 12.5. The standard InChI is InChI=1S/C19H17N3O4/c1-12-6-8-14(9-7-12)20-17(23)11-26-16-5-3-2-4-13(16)10-15-18(24)22-19(25)21-15/h2-10H,11H2,1H3,(H,20,23)(H2,21,22,24,25)/b15-10+. The van der Waals surface area contributed by atoms with E-state index in [0.29, 0.717) is 17.0 Å². The molecule has 26 heavy (non-hydrogen) atoms. The molecule has 1 fully saturated rings. The number of rotatable bonds is 5. The molecule has 1 aliphatic heterocycles. The number of nitrogens with one attached hydrogen (secondary N) is 3. The fraction of sp³-hybridized carbons (Fsp3) is 0.105. The summed E-state index contributed by atoms with van der Waals surface area (Å²) in [6, 6.07) is 13.8. The number of imide groups is 1. The SMILES string of the molecule is Cc1ccc(NC(=O)COc2ccccc2/C=C2/NC(=O)NC2=O)cc1. The first kappa shape index (κ1) is 17.2. The first-order valence-corrected chi connectivity index (χ1v) is 7.93. The van der Waals surface area contributed by atoms with Gasteiger partial charge in [-0.3, -0.25) is 14.9 Å². The number of urea groups is 1. The van der Waals surface area contributed by atoms with Gasteiger partial charge in [-0.15, -0.1) is 0 Å². The summed E-state index contributed by atoms with van der Waals surface area (Å²) in [6.45, 7) is 1.78. The Kier molecular flexibility index (Phi) is 4.98. The zero-order valence-corrected chi connectivity index (χ0v) is 14.0. The number of benzene rings is 2. The Morgan fingerprint density at radius 1 is 1.08 bits per heavy atom. The number of hydrogen-bond donors (Lipinski definition) is 3. The van der Waals surface area contributed by atoms with Crippen molar-refractivity contribution in [2.45, 2.75) is 6.92 Å². The van der Waals surface area contributed by atoms with Crippen molar-refractivity contribution in [1.29, 1.82) is 0 Å². The topological polar surface area (TPSA) is 96.5 Å². The van der Waals surface area contributed by atoms with Crippen LogP contribution >= 0.6 is 0 Å². The largest absolute Gasteiger partial charge is 0.483 e. The van der Waals surface area contributed by atoms with Gasteiger partial charge in [-0.1, -0.05) is 35.9 Å². The minimum Gasteiger partial charge on any atom is -0.483 e. The number of amides is 4. The fourth-order valence-electron chi connectivity index (χ4n) is 2.35. The van der Waals surface area contributed by atoms with E-state index < -0.39 is 11.9 Å². The highest BCUT2D eigenvalue weighted by atomic mass is 16.5. The summed E-state index contributed by atoms with van der Waals surface area (Å²) in [5, 5.41) is 7.28. The van der Waals surface area contributed by atoms with Gasteiger partial charge in [-0.05, 0) is 31.2 Å². The van der Waals surface area contributed by atoms with Crippen LogP contribution < -0.4 is 20.7 Å². The Morgan fingerprint density at radius 2 is 1.81 bits per heavy atom. The minimum absolute atomic E-state index is 0.121. The third-order valence-electron chi connectivity index (χ3n) is 3.63. The molecule has 0 unspecified atom stereocenters. The third kappa shape index (κ3) is 4.27. The van der Waals surface area contributed by atoms with Crippen molar-refractivity contribution in [3.8, 4) is 5.75 Å². The number of hydrogen-bond acceptors (Lipinski definition) is 4. The summed E-state index contributed by atoms with van der Waals surface area (Å²) in [5.41, 5.74) is 2.48. The molecule has 2 aromatic rings. The highest BCUT2D eigenvalue weighted by Crippen LogP contribution is 2.21. The van der Waals surface area contributed by atoms with Crippen LogP contribution in [0, 0.1) is 6.92 Å². The van der Waals surface area contributed by atoms with Crippen molar-refractivity contribution in [1.82, 2.24) is 10.6 Å². The molecule has 2 aromatic carbocycles. The molecular weight excluding hydrogens is 334 g/mol. The van der Waals surface area contributed by atoms with Gasteiger partial charge in [0.05, 0.1) is 0 Å². The van der Waals surface area contributed by atoms with Gasteiger partial charge < -0.3 is 15.4 Å². The van der Waals surface area contributed by atoms with Crippen LogP contribution in [0.5, 0.6) is 5.75 Å². The number of anilines is 1. The highest BCUT2D eigenvalue weighted by Gasteiger charge is 2.23. The van der Waals surface area contributed by atoms with Gasteiger partial charge in [0.15, 0.2) is 6.61 Å². The van der Waals surface area contributed by atoms with Gasteiger partial charge in [0.2, 0.25) is 0 Å². The lowest BCUT2D eigenvalue weighted by Gasteiger charge is -2.10.